The zero-order chi connectivity index (χ0) is 13.3. The number of aromatic hydroxyl groups is 1. The monoisotopic (exact) mass is 301 g/mol. The highest BCUT2D eigenvalue weighted by Gasteiger charge is 2.22. The van der Waals surface area contributed by atoms with Gasteiger partial charge in [-0.15, -0.1) is 0 Å². The molecular formula is C11H8ClNO3S2. The van der Waals surface area contributed by atoms with Crippen LogP contribution < -0.4 is 10.1 Å². The van der Waals surface area contributed by atoms with Gasteiger partial charge in [0.1, 0.15) is 4.32 Å². The number of halogens is 1. The SMILES string of the molecule is COc1cc(/C=C2\SC(=S)NC2=O)cc(Cl)c1O. The van der Waals surface area contributed by atoms with Crippen molar-refractivity contribution in [3.8, 4) is 11.5 Å². The lowest BCUT2D eigenvalue weighted by molar-refractivity contribution is -0.115. The van der Waals surface area contributed by atoms with Crippen LogP contribution in [0.2, 0.25) is 5.02 Å². The highest BCUT2D eigenvalue weighted by molar-refractivity contribution is 8.26. The second-order valence-electron chi connectivity index (χ2n) is 3.41. The molecule has 1 fully saturated rings. The fourth-order valence-electron chi connectivity index (χ4n) is 1.41. The lowest BCUT2D eigenvalue weighted by Crippen LogP contribution is -2.17. The van der Waals surface area contributed by atoms with E-state index in [0.717, 1.165) is 0 Å². The number of ether oxygens (including phenoxy) is 1. The molecule has 0 bridgehead atoms. The number of carbonyl (C=O) groups is 1. The Morgan fingerprint density at radius 3 is 2.83 bits per heavy atom. The number of hydrogen-bond acceptors (Lipinski definition) is 5. The Morgan fingerprint density at radius 1 is 1.56 bits per heavy atom. The molecular weight excluding hydrogens is 294 g/mol. The minimum atomic E-state index is -0.242. The number of hydrogen-bond donors (Lipinski definition) is 2. The second-order valence-corrected chi connectivity index (χ2v) is 5.53. The van der Waals surface area contributed by atoms with Crippen LogP contribution in [0.4, 0.5) is 0 Å². The number of benzene rings is 1. The van der Waals surface area contributed by atoms with Crippen LogP contribution in [0.5, 0.6) is 11.5 Å². The number of thioether (sulfide) groups is 1. The molecule has 0 spiro atoms. The number of phenolic OH excluding ortho intramolecular Hbond substituents is 1. The lowest BCUT2D eigenvalue weighted by atomic mass is 10.2. The third-order valence-corrected chi connectivity index (χ3v) is 3.66. The molecule has 1 aliphatic heterocycles. The molecule has 1 aromatic carbocycles. The lowest BCUT2D eigenvalue weighted by Gasteiger charge is -2.06. The van der Waals surface area contributed by atoms with E-state index < -0.39 is 0 Å². The van der Waals surface area contributed by atoms with Crippen molar-refractivity contribution in [2.24, 2.45) is 0 Å². The summed E-state index contributed by atoms with van der Waals surface area (Å²) in [5, 5.41) is 12.3. The third kappa shape index (κ3) is 2.60. The van der Waals surface area contributed by atoms with E-state index in [1.807, 2.05) is 0 Å². The fraction of sp³-hybridized carbons (Fsp3) is 0.0909. The Balaban J connectivity index is 2.41. The predicted octanol–water partition coefficient (Wildman–Crippen LogP) is 2.54. The quantitative estimate of drug-likeness (QED) is 0.649. The van der Waals surface area contributed by atoms with Gasteiger partial charge in [0, 0.05) is 0 Å². The zero-order valence-corrected chi connectivity index (χ0v) is 11.6. The van der Waals surface area contributed by atoms with Crippen LogP contribution in [0.3, 0.4) is 0 Å². The van der Waals surface area contributed by atoms with E-state index in [1.165, 1.54) is 18.9 Å². The van der Waals surface area contributed by atoms with Crippen LogP contribution >= 0.6 is 35.6 Å². The summed E-state index contributed by atoms with van der Waals surface area (Å²) in [7, 11) is 1.43. The normalized spacial score (nSPS) is 17.1. The zero-order valence-electron chi connectivity index (χ0n) is 9.19. The van der Waals surface area contributed by atoms with Crippen molar-refractivity contribution in [1.29, 1.82) is 0 Å². The van der Waals surface area contributed by atoms with Crippen LogP contribution in [0, 0.1) is 0 Å². The summed E-state index contributed by atoms with van der Waals surface area (Å²) in [5.41, 5.74) is 0.650. The Kier molecular flexibility index (Phi) is 3.79. The summed E-state index contributed by atoms with van der Waals surface area (Å²) in [6.07, 6.45) is 1.63. The van der Waals surface area contributed by atoms with E-state index in [9.17, 15) is 9.90 Å². The summed E-state index contributed by atoms with van der Waals surface area (Å²) < 4.78 is 5.40. The third-order valence-electron chi connectivity index (χ3n) is 2.21. The second kappa shape index (κ2) is 5.17. The molecule has 94 valence electrons. The largest absolute Gasteiger partial charge is 0.503 e. The number of amides is 1. The van der Waals surface area contributed by atoms with Gasteiger partial charge in [-0.05, 0) is 23.8 Å². The van der Waals surface area contributed by atoms with Gasteiger partial charge < -0.3 is 15.2 Å². The summed E-state index contributed by atoms with van der Waals surface area (Å²) in [6, 6.07) is 3.13. The molecule has 1 saturated heterocycles. The molecule has 0 aromatic heterocycles. The van der Waals surface area contributed by atoms with Crippen molar-refractivity contribution in [2.75, 3.05) is 7.11 Å². The molecule has 0 aliphatic carbocycles. The van der Waals surface area contributed by atoms with E-state index in [4.69, 9.17) is 28.6 Å². The summed E-state index contributed by atoms with van der Waals surface area (Å²) in [4.78, 5) is 12.0. The number of thiocarbonyl (C=S) groups is 1. The minimum Gasteiger partial charge on any atom is -0.503 e. The summed E-state index contributed by atoms with van der Waals surface area (Å²) >= 11 is 11.9. The molecule has 1 heterocycles. The Hall–Kier alpha value is -1.24. The van der Waals surface area contributed by atoms with Gasteiger partial charge in [0.15, 0.2) is 11.5 Å². The van der Waals surface area contributed by atoms with Crippen LogP contribution in [0.15, 0.2) is 17.0 Å². The first-order valence-electron chi connectivity index (χ1n) is 4.82. The highest BCUT2D eigenvalue weighted by atomic mass is 35.5. The number of carbonyl (C=O) groups excluding carboxylic acids is 1. The molecule has 0 unspecified atom stereocenters. The van der Waals surface area contributed by atoms with Gasteiger partial charge in [0.25, 0.3) is 5.91 Å². The molecule has 0 saturated carbocycles. The topological polar surface area (TPSA) is 58.6 Å². The molecule has 7 heteroatoms. The van der Waals surface area contributed by atoms with Gasteiger partial charge in [-0.1, -0.05) is 35.6 Å². The minimum absolute atomic E-state index is 0.125. The van der Waals surface area contributed by atoms with Crippen molar-refractivity contribution >= 4 is 51.9 Å². The average molecular weight is 302 g/mol. The number of methoxy groups -OCH3 is 1. The smallest absolute Gasteiger partial charge is 0.263 e. The Morgan fingerprint density at radius 2 is 2.28 bits per heavy atom. The number of phenols is 1. The van der Waals surface area contributed by atoms with E-state index in [2.05, 4.69) is 5.32 Å². The molecule has 1 amide bonds. The van der Waals surface area contributed by atoms with Gasteiger partial charge in [0.05, 0.1) is 17.0 Å². The van der Waals surface area contributed by atoms with Gasteiger partial charge >= 0.3 is 0 Å². The maximum Gasteiger partial charge on any atom is 0.263 e. The maximum absolute atomic E-state index is 11.5. The first-order chi connectivity index (χ1) is 8.51. The molecule has 0 atom stereocenters. The van der Waals surface area contributed by atoms with E-state index >= 15 is 0 Å². The van der Waals surface area contributed by atoms with Crippen LogP contribution in [-0.4, -0.2) is 22.4 Å². The predicted molar refractivity (Wildman–Crippen MR) is 76.0 cm³/mol. The van der Waals surface area contributed by atoms with E-state index in [0.29, 0.717) is 14.8 Å². The van der Waals surface area contributed by atoms with Gasteiger partial charge in [-0.2, -0.15) is 0 Å². The Bertz CT molecular complexity index is 572. The highest BCUT2D eigenvalue weighted by Crippen LogP contribution is 2.36. The fourth-order valence-corrected chi connectivity index (χ4v) is 2.67. The molecule has 18 heavy (non-hydrogen) atoms. The molecule has 1 aliphatic rings. The first kappa shape index (κ1) is 13.2. The summed E-state index contributed by atoms with van der Waals surface area (Å²) in [6.45, 7) is 0. The van der Waals surface area contributed by atoms with Crippen LogP contribution in [0.1, 0.15) is 5.56 Å². The van der Waals surface area contributed by atoms with Crippen LogP contribution in [0.25, 0.3) is 6.08 Å². The van der Waals surface area contributed by atoms with Gasteiger partial charge in [0.2, 0.25) is 0 Å². The maximum atomic E-state index is 11.5. The molecule has 0 radical (unpaired) electrons. The number of rotatable bonds is 2. The van der Waals surface area contributed by atoms with Crippen molar-refractivity contribution in [1.82, 2.24) is 5.32 Å². The van der Waals surface area contributed by atoms with Crippen molar-refractivity contribution < 1.29 is 14.6 Å². The number of nitrogens with one attached hydrogen (secondary N) is 1. The Labute approximate surface area is 118 Å². The average Bonchev–Trinajstić information content (AvgIpc) is 2.62. The van der Waals surface area contributed by atoms with E-state index in [-0.39, 0.29) is 22.4 Å². The first-order valence-corrected chi connectivity index (χ1v) is 6.43. The van der Waals surface area contributed by atoms with E-state index in [1.54, 1.807) is 18.2 Å². The summed E-state index contributed by atoms with van der Waals surface area (Å²) in [5.74, 6) is -0.117. The van der Waals surface area contributed by atoms with Crippen LogP contribution in [-0.2, 0) is 4.79 Å². The standard InChI is InChI=1S/C11H8ClNO3S2/c1-16-7-3-5(2-6(12)9(7)14)4-8-10(15)13-11(17)18-8/h2-4,14H,1H3,(H,13,15,17)/b8-4-. The van der Waals surface area contributed by atoms with Crippen molar-refractivity contribution in [3.05, 3.63) is 27.6 Å². The molecule has 2 N–H and O–H groups in total. The van der Waals surface area contributed by atoms with Crippen molar-refractivity contribution in [3.63, 3.8) is 0 Å². The molecule has 2 rings (SSSR count). The molecule has 1 aromatic rings. The van der Waals surface area contributed by atoms with Crippen molar-refractivity contribution in [2.45, 2.75) is 0 Å². The molecule has 4 nitrogen and oxygen atoms in total. The van der Waals surface area contributed by atoms with Gasteiger partial charge in [-0.25, -0.2) is 0 Å². The van der Waals surface area contributed by atoms with Gasteiger partial charge in [-0.3, -0.25) is 4.79 Å².